The Hall–Kier alpha value is -0.790. The highest BCUT2D eigenvalue weighted by Crippen LogP contribution is 2.32. The second-order valence-electron chi connectivity index (χ2n) is 6.25. The van der Waals surface area contributed by atoms with Gasteiger partial charge in [0.25, 0.3) is 0 Å². The van der Waals surface area contributed by atoms with Crippen molar-refractivity contribution in [2.45, 2.75) is 65.2 Å². The van der Waals surface area contributed by atoms with Crippen molar-refractivity contribution in [3.63, 3.8) is 0 Å². The largest absolute Gasteiger partial charge is 0.300 e. The fourth-order valence-electron chi connectivity index (χ4n) is 3.09. The minimum atomic E-state index is 0.619. The molecule has 0 amide bonds. The number of unbranched alkanes of at least 4 members (excludes halogenated alkanes) is 2. The second-order valence-corrected chi connectivity index (χ2v) is 6.66. The van der Waals surface area contributed by atoms with Crippen molar-refractivity contribution >= 4 is 11.6 Å². The molecule has 2 heteroatoms. The van der Waals surface area contributed by atoms with Crippen LogP contribution in [0.5, 0.6) is 0 Å². The first-order chi connectivity index (χ1) is 11.2. The number of halogens is 1. The molecule has 1 aromatic carbocycles. The maximum Gasteiger partial charge on any atom is 0.0440 e. The maximum atomic E-state index is 6.38. The molecule has 0 saturated carbocycles. The Morgan fingerprint density at radius 2 is 1.74 bits per heavy atom. The minimum absolute atomic E-state index is 0.619. The van der Waals surface area contributed by atoms with E-state index in [9.17, 15) is 0 Å². The number of likely N-dealkylation sites (N-methyl/N-ethyl adjacent to an activating group) is 1. The molecular weight excluding hydrogens is 302 g/mol. The summed E-state index contributed by atoms with van der Waals surface area (Å²) in [6.07, 6.45) is 12.1. The average Bonchev–Trinajstić information content (AvgIpc) is 2.57. The molecule has 0 aromatic heterocycles. The third-order valence-corrected chi connectivity index (χ3v) is 4.92. The molecule has 0 saturated heterocycles. The van der Waals surface area contributed by atoms with Crippen LogP contribution in [0.3, 0.4) is 0 Å². The molecule has 1 nitrogen and oxygen atoms in total. The van der Waals surface area contributed by atoms with Crippen LogP contribution in [0.2, 0.25) is 5.02 Å². The lowest BCUT2D eigenvalue weighted by molar-refractivity contribution is 0.337. The van der Waals surface area contributed by atoms with Gasteiger partial charge >= 0.3 is 0 Å². The van der Waals surface area contributed by atoms with E-state index >= 15 is 0 Å². The van der Waals surface area contributed by atoms with Gasteiger partial charge in [-0.1, -0.05) is 75.6 Å². The molecule has 0 fully saturated rings. The predicted molar refractivity (Wildman–Crippen MR) is 104 cm³/mol. The number of allylic oxidation sites excluding steroid dienone is 1. The summed E-state index contributed by atoms with van der Waals surface area (Å²) in [6, 6.07) is 8.36. The van der Waals surface area contributed by atoms with E-state index in [-0.39, 0.29) is 0 Å². The molecule has 0 aliphatic carbocycles. The molecule has 0 N–H and O–H groups in total. The van der Waals surface area contributed by atoms with Gasteiger partial charge < -0.3 is 4.90 Å². The van der Waals surface area contributed by atoms with Gasteiger partial charge in [0.05, 0.1) is 0 Å². The summed E-state index contributed by atoms with van der Waals surface area (Å²) < 4.78 is 0. The van der Waals surface area contributed by atoms with Gasteiger partial charge in [0.1, 0.15) is 0 Å². The molecule has 23 heavy (non-hydrogen) atoms. The SMILES string of the molecule is CCCC(CCCCC=CCN(CC)CC)c1ccccc1Cl. The molecule has 0 aliphatic heterocycles. The van der Waals surface area contributed by atoms with Crippen molar-refractivity contribution in [1.29, 1.82) is 0 Å². The molecule has 0 spiro atoms. The number of hydrogen-bond acceptors (Lipinski definition) is 1. The summed E-state index contributed by atoms with van der Waals surface area (Å²) in [6.45, 7) is 10.1. The van der Waals surface area contributed by atoms with Crippen LogP contribution in [0.15, 0.2) is 36.4 Å². The van der Waals surface area contributed by atoms with E-state index in [1.807, 2.05) is 12.1 Å². The molecule has 1 unspecified atom stereocenters. The van der Waals surface area contributed by atoms with Crippen molar-refractivity contribution < 1.29 is 0 Å². The van der Waals surface area contributed by atoms with Gasteiger partial charge in [-0.3, -0.25) is 0 Å². The lowest BCUT2D eigenvalue weighted by atomic mass is 9.89. The zero-order valence-electron chi connectivity index (χ0n) is 15.2. The molecule has 0 aliphatic rings. The van der Waals surface area contributed by atoms with Crippen LogP contribution < -0.4 is 0 Å². The number of nitrogens with zero attached hydrogens (tertiary/aromatic N) is 1. The minimum Gasteiger partial charge on any atom is -0.300 e. The lowest BCUT2D eigenvalue weighted by Crippen LogP contribution is -2.22. The van der Waals surface area contributed by atoms with Gasteiger partial charge in [-0.25, -0.2) is 0 Å². The molecule has 130 valence electrons. The van der Waals surface area contributed by atoms with Crippen LogP contribution in [0, 0.1) is 0 Å². The van der Waals surface area contributed by atoms with Gasteiger partial charge in [-0.2, -0.15) is 0 Å². The first-order valence-corrected chi connectivity index (χ1v) is 9.72. The molecule has 0 bridgehead atoms. The van der Waals surface area contributed by atoms with E-state index in [2.05, 4.69) is 50.0 Å². The van der Waals surface area contributed by atoms with Crippen molar-refractivity contribution in [2.75, 3.05) is 19.6 Å². The monoisotopic (exact) mass is 335 g/mol. The fraction of sp³-hybridized carbons (Fsp3) is 0.619. The summed E-state index contributed by atoms with van der Waals surface area (Å²) in [7, 11) is 0. The Morgan fingerprint density at radius 3 is 2.39 bits per heavy atom. The quantitative estimate of drug-likeness (QED) is 0.304. The smallest absolute Gasteiger partial charge is 0.0440 e. The van der Waals surface area contributed by atoms with Crippen molar-refractivity contribution in [3.8, 4) is 0 Å². The second kappa shape index (κ2) is 12.6. The fourth-order valence-corrected chi connectivity index (χ4v) is 3.38. The standard InChI is InChI=1S/C21H34ClN/c1-4-14-19(20-16-11-12-17-21(20)22)15-10-8-7-9-13-18-23(5-2)6-3/h9,11-13,16-17,19H,4-8,10,14-15,18H2,1-3H3. The van der Waals surface area contributed by atoms with Crippen LogP contribution in [0.25, 0.3) is 0 Å². The Kier molecular flexibility index (Phi) is 11.1. The van der Waals surface area contributed by atoms with Gasteiger partial charge in [0, 0.05) is 11.6 Å². The van der Waals surface area contributed by atoms with Gasteiger partial charge in [-0.15, -0.1) is 0 Å². The van der Waals surface area contributed by atoms with E-state index in [0.29, 0.717) is 5.92 Å². The molecule has 0 radical (unpaired) electrons. The highest BCUT2D eigenvalue weighted by molar-refractivity contribution is 6.31. The summed E-state index contributed by atoms with van der Waals surface area (Å²) in [5, 5.41) is 0.935. The highest BCUT2D eigenvalue weighted by atomic mass is 35.5. The Morgan fingerprint density at radius 1 is 1.00 bits per heavy atom. The predicted octanol–water partition coefficient (Wildman–Crippen LogP) is 6.68. The maximum absolute atomic E-state index is 6.38. The zero-order chi connectivity index (χ0) is 16.9. The van der Waals surface area contributed by atoms with Crippen molar-refractivity contribution in [3.05, 3.63) is 47.0 Å². The third kappa shape index (κ3) is 8.04. The lowest BCUT2D eigenvalue weighted by Gasteiger charge is -2.18. The van der Waals surface area contributed by atoms with Crippen LogP contribution in [-0.2, 0) is 0 Å². The van der Waals surface area contributed by atoms with Crippen molar-refractivity contribution in [1.82, 2.24) is 4.90 Å². The summed E-state index contributed by atoms with van der Waals surface area (Å²) in [5.74, 6) is 0.619. The summed E-state index contributed by atoms with van der Waals surface area (Å²) >= 11 is 6.38. The Bertz CT molecular complexity index is 437. The molecule has 1 atom stereocenters. The van der Waals surface area contributed by atoms with E-state index in [1.165, 1.54) is 44.1 Å². The van der Waals surface area contributed by atoms with E-state index < -0.39 is 0 Å². The Balaban J connectivity index is 2.31. The van der Waals surface area contributed by atoms with Crippen LogP contribution in [-0.4, -0.2) is 24.5 Å². The van der Waals surface area contributed by atoms with Crippen LogP contribution in [0.1, 0.15) is 70.8 Å². The summed E-state index contributed by atoms with van der Waals surface area (Å²) in [5.41, 5.74) is 1.34. The van der Waals surface area contributed by atoms with Gasteiger partial charge in [0.15, 0.2) is 0 Å². The summed E-state index contributed by atoms with van der Waals surface area (Å²) in [4.78, 5) is 2.44. The van der Waals surface area contributed by atoms with Crippen molar-refractivity contribution in [2.24, 2.45) is 0 Å². The molecule has 1 rings (SSSR count). The highest BCUT2D eigenvalue weighted by Gasteiger charge is 2.13. The normalized spacial score (nSPS) is 13.1. The first-order valence-electron chi connectivity index (χ1n) is 9.34. The molecule has 1 aromatic rings. The molecular formula is C21H34ClN. The van der Waals surface area contributed by atoms with Gasteiger partial charge in [0.2, 0.25) is 0 Å². The average molecular weight is 336 g/mol. The van der Waals surface area contributed by atoms with E-state index in [1.54, 1.807) is 0 Å². The first kappa shape index (κ1) is 20.3. The number of rotatable bonds is 12. The van der Waals surface area contributed by atoms with Gasteiger partial charge in [-0.05, 0) is 56.3 Å². The van der Waals surface area contributed by atoms with E-state index in [0.717, 1.165) is 24.7 Å². The third-order valence-electron chi connectivity index (χ3n) is 4.58. The number of benzene rings is 1. The Labute approximate surface area is 148 Å². The zero-order valence-corrected chi connectivity index (χ0v) is 16.0. The van der Waals surface area contributed by atoms with Crippen LogP contribution >= 0.6 is 11.6 Å². The number of hydrogen-bond donors (Lipinski definition) is 0. The molecule has 0 heterocycles. The van der Waals surface area contributed by atoms with Crippen LogP contribution in [0.4, 0.5) is 0 Å². The topological polar surface area (TPSA) is 3.24 Å². The van der Waals surface area contributed by atoms with E-state index in [4.69, 9.17) is 11.6 Å².